The standard InChI is InChI=1S/C15H29N3O/c1-11(2)14-10-18(12(3)9-16-14)15(19)17-13-7-5-4-6-8-13/h11-14,16H,4-10H2,1-3H3,(H,17,19). The quantitative estimate of drug-likeness (QED) is 0.806. The van der Waals surface area contributed by atoms with Crippen LogP contribution in [-0.4, -0.2) is 42.1 Å². The number of piperazine rings is 1. The van der Waals surface area contributed by atoms with Crippen molar-refractivity contribution in [1.29, 1.82) is 0 Å². The molecule has 110 valence electrons. The van der Waals surface area contributed by atoms with Crippen molar-refractivity contribution in [3.63, 3.8) is 0 Å². The van der Waals surface area contributed by atoms with Crippen LogP contribution in [0.3, 0.4) is 0 Å². The smallest absolute Gasteiger partial charge is 0.317 e. The molecule has 1 saturated carbocycles. The molecule has 2 amide bonds. The lowest BCUT2D eigenvalue weighted by Crippen LogP contribution is -2.61. The van der Waals surface area contributed by atoms with Gasteiger partial charge in [-0.2, -0.15) is 0 Å². The number of carbonyl (C=O) groups excluding carboxylic acids is 1. The third-order valence-electron chi connectivity index (χ3n) is 4.60. The Morgan fingerprint density at radius 2 is 1.95 bits per heavy atom. The summed E-state index contributed by atoms with van der Waals surface area (Å²) in [5.74, 6) is 0.567. The second kappa shape index (κ2) is 6.60. The molecular weight excluding hydrogens is 238 g/mol. The summed E-state index contributed by atoms with van der Waals surface area (Å²) in [5.41, 5.74) is 0. The maximum absolute atomic E-state index is 12.4. The van der Waals surface area contributed by atoms with E-state index in [-0.39, 0.29) is 6.03 Å². The molecule has 1 aliphatic carbocycles. The van der Waals surface area contributed by atoms with E-state index in [0.717, 1.165) is 25.9 Å². The Hall–Kier alpha value is -0.770. The Morgan fingerprint density at radius 1 is 1.26 bits per heavy atom. The lowest BCUT2D eigenvalue weighted by atomic mass is 9.95. The molecule has 0 aromatic heterocycles. The van der Waals surface area contributed by atoms with Crippen molar-refractivity contribution in [1.82, 2.24) is 15.5 Å². The van der Waals surface area contributed by atoms with E-state index in [2.05, 4.69) is 31.4 Å². The summed E-state index contributed by atoms with van der Waals surface area (Å²) in [6, 6.07) is 1.26. The Labute approximate surface area is 117 Å². The summed E-state index contributed by atoms with van der Waals surface area (Å²) < 4.78 is 0. The highest BCUT2D eigenvalue weighted by Gasteiger charge is 2.31. The molecule has 0 bridgehead atoms. The van der Waals surface area contributed by atoms with Gasteiger partial charge in [0.05, 0.1) is 0 Å². The molecule has 2 rings (SSSR count). The minimum atomic E-state index is 0.145. The molecule has 0 radical (unpaired) electrons. The minimum absolute atomic E-state index is 0.145. The van der Waals surface area contributed by atoms with Crippen molar-refractivity contribution in [3.8, 4) is 0 Å². The molecule has 1 saturated heterocycles. The van der Waals surface area contributed by atoms with Gasteiger partial charge < -0.3 is 15.5 Å². The number of nitrogens with zero attached hydrogens (tertiary/aromatic N) is 1. The van der Waals surface area contributed by atoms with Crippen molar-refractivity contribution < 1.29 is 4.79 Å². The first-order valence-corrected chi connectivity index (χ1v) is 7.88. The van der Waals surface area contributed by atoms with Crippen molar-refractivity contribution in [2.45, 2.75) is 71.0 Å². The molecular formula is C15H29N3O. The number of amides is 2. The number of hydrogen-bond acceptors (Lipinski definition) is 2. The highest BCUT2D eigenvalue weighted by atomic mass is 16.2. The van der Waals surface area contributed by atoms with Crippen LogP contribution in [0.4, 0.5) is 4.79 Å². The van der Waals surface area contributed by atoms with Crippen LogP contribution in [0.1, 0.15) is 52.9 Å². The fourth-order valence-electron chi connectivity index (χ4n) is 3.12. The van der Waals surface area contributed by atoms with Crippen LogP contribution in [-0.2, 0) is 0 Å². The molecule has 2 atom stereocenters. The van der Waals surface area contributed by atoms with E-state index in [4.69, 9.17) is 0 Å². The molecule has 2 aliphatic rings. The van der Waals surface area contributed by atoms with Crippen LogP contribution in [0.15, 0.2) is 0 Å². The first-order chi connectivity index (χ1) is 9.08. The summed E-state index contributed by atoms with van der Waals surface area (Å²) in [4.78, 5) is 14.5. The van der Waals surface area contributed by atoms with Gasteiger partial charge in [0.15, 0.2) is 0 Å². The van der Waals surface area contributed by atoms with Gasteiger partial charge in [0.1, 0.15) is 0 Å². The van der Waals surface area contributed by atoms with E-state index in [1.165, 1.54) is 19.3 Å². The molecule has 2 fully saturated rings. The second-order valence-corrected chi connectivity index (χ2v) is 6.54. The first kappa shape index (κ1) is 14.6. The zero-order valence-corrected chi connectivity index (χ0v) is 12.6. The summed E-state index contributed by atoms with van der Waals surface area (Å²) in [6.07, 6.45) is 6.15. The lowest BCUT2D eigenvalue weighted by molar-refractivity contribution is 0.130. The number of carbonyl (C=O) groups is 1. The van der Waals surface area contributed by atoms with Crippen LogP contribution >= 0.6 is 0 Å². The van der Waals surface area contributed by atoms with Crippen molar-refractivity contribution >= 4 is 6.03 Å². The molecule has 2 N–H and O–H groups in total. The van der Waals surface area contributed by atoms with E-state index >= 15 is 0 Å². The molecule has 2 unspecified atom stereocenters. The summed E-state index contributed by atoms with van der Waals surface area (Å²) in [5, 5.41) is 6.77. The molecule has 4 nitrogen and oxygen atoms in total. The number of nitrogens with one attached hydrogen (secondary N) is 2. The second-order valence-electron chi connectivity index (χ2n) is 6.54. The third-order valence-corrected chi connectivity index (χ3v) is 4.60. The molecule has 0 spiro atoms. The largest absolute Gasteiger partial charge is 0.335 e. The maximum atomic E-state index is 12.4. The number of urea groups is 1. The Morgan fingerprint density at radius 3 is 2.58 bits per heavy atom. The first-order valence-electron chi connectivity index (χ1n) is 7.88. The SMILES string of the molecule is CC(C)C1CN(C(=O)NC2CCCCC2)C(C)CN1. The fourth-order valence-corrected chi connectivity index (χ4v) is 3.12. The zero-order chi connectivity index (χ0) is 13.8. The molecule has 0 aromatic carbocycles. The average molecular weight is 267 g/mol. The average Bonchev–Trinajstić information content (AvgIpc) is 2.40. The summed E-state index contributed by atoms with van der Waals surface area (Å²) in [7, 11) is 0. The molecule has 1 aliphatic heterocycles. The van der Waals surface area contributed by atoms with E-state index in [0.29, 0.717) is 24.0 Å². The van der Waals surface area contributed by atoms with Gasteiger partial charge in [-0.25, -0.2) is 4.79 Å². The van der Waals surface area contributed by atoms with Crippen LogP contribution in [0.25, 0.3) is 0 Å². The Balaban J connectivity index is 1.88. The van der Waals surface area contributed by atoms with Crippen molar-refractivity contribution in [2.24, 2.45) is 5.92 Å². The Bertz CT molecular complexity index is 300. The number of rotatable bonds is 2. The maximum Gasteiger partial charge on any atom is 0.317 e. The summed E-state index contributed by atoms with van der Waals surface area (Å²) in [6.45, 7) is 8.29. The zero-order valence-electron chi connectivity index (χ0n) is 12.6. The van der Waals surface area contributed by atoms with Gasteiger partial charge in [-0.3, -0.25) is 0 Å². The third kappa shape index (κ3) is 3.85. The lowest BCUT2D eigenvalue weighted by Gasteiger charge is -2.41. The van der Waals surface area contributed by atoms with Crippen molar-refractivity contribution in [2.75, 3.05) is 13.1 Å². The normalized spacial score (nSPS) is 29.6. The monoisotopic (exact) mass is 267 g/mol. The van der Waals surface area contributed by atoms with E-state index in [1.54, 1.807) is 0 Å². The van der Waals surface area contributed by atoms with Gasteiger partial charge >= 0.3 is 6.03 Å². The minimum Gasteiger partial charge on any atom is -0.335 e. The van der Waals surface area contributed by atoms with Crippen LogP contribution in [0.5, 0.6) is 0 Å². The highest BCUT2D eigenvalue weighted by molar-refractivity contribution is 5.75. The van der Waals surface area contributed by atoms with Gasteiger partial charge in [0, 0.05) is 31.2 Å². The van der Waals surface area contributed by atoms with Gasteiger partial charge in [-0.1, -0.05) is 33.1 Å². The predicted octanol–water partition coefficient (Wildman–Crippen LogP) is 2.35. The highest BCUT2D eigenvalue weighted by Crippen LogP contribution is 2.19. The van der Waals surface area contributed by atoms with Gasteiger partial charge in [0.25, 0.3) is 0 Å². The number of hydrogen-bond donors (Lipinski definition) is 2. The van der Waals surface area contributed by atoms with E-state index < -0.39 is 0 Å². The molecule has 4 heteroatoms. The predicted molar refractivity (Wildman–Crippen MR) is 78.2 cm³/mol. The van der Waals surface area contributed by atoms with Gasteiger partial charge in [0.2, 0.25) is 0 Å². The van der Waals surface area contributed by atoms with Gasteiger partial charge in [-0.05, 0) is 25.7 Å². The molecule has 0 aromatic rings. The molecule has 1 heterocycles. The van der Waals surface area contributed by atoms with Crippen LogP contribution < -0.4 is 10.6 Å². The van der Waals surface area contributed by atoms with Gasteiger partial charge in [-0.15, -0.1) is 0 Å². The topological polar surface area (TPSA) is 44.4 Å². The molecule has 19 heavy (non-hydrogen) atoms. The Kier molecular flexibility index (Phi) is 5.08. The van der Waals surface area contributed by atoms with Crippen LogP contribution in [0.2, 0.25) is 0 Å². The van der Waals surface area contributed by atoms with E-state index in [1.807, 2.05) is 4.90 Å². The van der Waals surface area contributed by atoms with E-state index in [9.17, 15) is 4.79 Å². The fraction of sp³-hybridized carbons (Fsp3) is 0.933. The van der Waals surface area contributed by atoms with Crippen molar-refractivity contribution in [3.05, 3.63) is 0 Å². The summed E-state index contributed by atoms with van der Waals surface area (Å²) >= 11 is 0. The van der Waals surface area contributed by atoms with Crippen LogP contribution in [0, 0.1) is 5.92 Å².